The van der Waals surface area contributed by atoms with E-state index >= 15 is 0 Å². The van der Waals surface area contributed by atoms with Crippen molar-refractivity contribution in [3.63, 3.8) is 0 Å². The Labute approximate surface area is 90.6 Å². The largest absolute Gasteiger partial charge is 0.469 e. The minimum Gasteiger partial charge on any atom is -0.469 e. The molecule has 1 saturated heterocycles. The van der Waals surface area contributed by atoms with Crippen LogP contribution in [0.3, 0.4) is 0 Å². The van der Waals surface area contributed by atoms with Gasteiger partial charge in [0.2, 0.25) is 5.91 Å². The first kappa shape index (κ1) is 12.0. The Hall–Kier alpha value is -1.06. The van der Waals surface area contributed by atoms with Crippen molar-refractivity contribution in [3.05, 3.63) is 0 Å². The molecule has 0 spiro atoms. The van der Waals surface area contributed by atoms with E-state index in [1.54, 1.807) is 0 Å². The lowest BCUT2D eigenvalue weighted by Gasteiger charge is -2.29. The van der Waals surface area contributed by atoms with E-state index in [-0.39, 0.29) is 36.3 Å². The van der Waals surface area contributed by atoms with Gasteiger partial charge in [-0.2, -0.15) is 0 Å². The number of carbonyl (C=O) groups is 2. The number of methoxy groups -OCH3 is 1. The third-order valence-electron chi connectivity index (χ3n) is 3.27. The van der Waals surface area contributed by atoms with Crippen LogP contribution >= 0.6 is 0 Å². The van der Waals surface area contributed by atoms with Gasteiger partial charge in [-0.25, -0.2) is 0 Å². The maximum Gasteiger partial charge on any atom is 0.311 e. The first-order valence-electron chi connectivity index (χ1n) is 5.41. The monoisotopic (exact) mass is 213 g/mol. The predicted octanol–water partition coefficient (Wildman–Crippen LogP) is 1.19. The molecule has 1 fully saturated rings. The van der Waals surface area contributed by atoms with Crippen molar-refractivity contribution >= 4 is 11.9 Å². The third kappa shape index (κ3) is 2.13. The van der Waals surface area contributed by atoms with Gasteiger partial charge in [0.25, 0.3) is 0 Å². The van der Waals surface area contributed by atoms with E-state index in [0.29, 0.717) is 0 Å². The van der Waals surface area contributed by atoms with Crippen molar-refractivity contribution in [1.82, 2.24) is 4.90 Å². The van der Waals surface area contributed by atoms with Gasteiger partial charge in [0.05, 0.1) is 13.0 Å². The van der Waals surface area contributed by atoms with Gasteiger partial charge in [-0.1, -0.05) is 6.92 Å². The van der Waals surface area contributed by atoms with Gasteiger partial charge in [-0.05, 0) is 20.3 Å². The molecule has 0 saturated carbocycles. The summed E-state index contributed by atoms with van der Waals surface area (Å²) in [6.07, 6.45) is 1.20. The molecule has 0 radical (unpaired) electrons. The maximum atomic E-state index is 11.7. The molecule has 0 aromatic heterocycles. The fourth-order valence-electron chi connectivity index (χ4n) is 2.16. The average molecular weight is 213 g/mol. The Morgan fingerprint density at radius 3 is 2.73 bits per heavy atom. The molecule has 3 unspecified atom stereocenters. The van der Waals surface area contributed by atoms with Gasteiger partial charge >= 0.3 is 5.97 Å². The number of likely N-dealkylation sites (tertiary alicyclic amines) is 1. The number of carbonyl (C=O) groups excluding carboxylic acids is 2. The lowest BCUT2D eigenvalue weighted by molar-refractivity contribution is -0.146. The van der Waals surface area contributed by atoms with Crippen molar-refractivity contribution in [2.45, 2.75) is 45.7 Å². The number of hydrogen-bond donors (Lipinski definition) is 0. The zero-order valence-corrected chi connectivity index (χ0v) is 9.82. The molecule has 0 N–H and O–H groups in total. The third-order valence-corrected chi connectivity index (χ3v) is 3.27. The van der Waals surface area contributed by atoms with Gasteiger partial charge in [-0.15, -0.1) is 0 Å². The fraction of sp³-hybridized carbons (Fsp3) is 0.818. The summed E-state index contributed by atoms with van der Waals surface area (Å²) >= 11 is 0. The second-order valence-electron chi connectivity index (χ2n) is 4.13. The minimum atomic E-state index is -0.295. The van der Waals surface area contributed by atoms with Gasteiger partial charge < -0.3 is 9.64 Å². The molecule has 1 heterocycles. The van der Waals surface area contributed by atoms with Crippen molar-refractivity contribution in [3.8, 4) is 0 Å². The molecule has 0 aromatic carbocycles. The van der Waals surface area contributed by atoms with Gasteiger partial charge in [0, 0.05) is 18.5 Å². The summed E-state index contributed by atoms with van der Waals surface area (Å²) in [6.45, 7) is 5.96. The van der Waals surface area contributed by atoms with Crippen molar-refractivity contribution in [2.75, 3.05) is 7.11 Å². The van der Waals surface area contributed by atoms with Gasteiger partial charge in [-0.3, -0.25) is 9.59 Å². The zero-order chi connectivity index (χ0) is 11.6. The quantitative estimate of drug-likeness (QED) is 0.662. The van der Waals surface area contributed by atoms with Gasteiger partial charge in [0.15, 0.2) is 0 Å². The van der Waals surface area contributed by atoms with Crippen LogP contribution in [-0.2, 0) is 14.3 Å². The van der Waals surface area contributed by atoms with Crippen molar-refractivity contribution in [1.29, 1.82) is 0 Å². The molecule has 1 rings (SSSR count). The van der Waals surface area contributed by atoms with Crippen LogP contribution in [0.5, 0.6) is 0 Å². The highest BCUT2D eigenvalue weighted by atomic mass is 16.5. The van der Waals surface area contributed by atoms with Crippen LogP contribution in [0.1, 0.15) is 33.6 Å². The summed E-state index contributed by atoms with van der Waals surface area (Å²) in [5.74, 6) is -0.509. The first-order valence-corrected chi connectivity index (χ1v) is 5.41. The summed E-state index contributed by atoms with van der Waals surface area (Å²) in [6, 6.07) is 0.155. The highest BCUT2D eigenvalue weighted by molar-refractivity contribution is 5.87. The normalized spacial score (nSPS) is 28.0. The van der Waals surface area contributed by atoms with Gasteiger partial charge in [0.1, 0.15) is 0 Å². The Morgan fingerprint density at radius 1 is 1.67 bits per heavy atom. The number of hydrogen-bond acceptors (Lipinski definition) is 3. The smallest absolute Gasteiger partial charge is 0.311 e. The van der Waals surface area contributed by atoms with E-state index in [1.807, 2.05) is 25.7 Å². The second-order valence-corrected chi connectivity index (χ2v) is 4.13. The fourth-order valence-corrected chi connectivity index (χ4v) is 2.16. The van der Waals surface area contributed by atoms with Crippen LogP contribution in [0.15, 0.2) is 0 Å². The summed E-state index contributed by atoms with van der Waals surface area (Å²) in [4.78, 5) is 25.0. The summed E-state index contributed by atoms with van der Waals surface area (Å²) in [5.41, 5.74) is 0. The molecule has 1 amide bonds. The Bertz CT molecular complexity index is 265. The Balaban J connectivity index is 2.78. The maximum absolute atomic E-state index is 11.7. The molecule has 15 heavy (non-hydrogen) atoms. The van der Waals surface area contributed by atoms with Crippen molar-refractivity contribution in [2.24, 2.45) is 5.92 Å². The molecule has 0 aromatic rings. The number of ether oxygens (including phenoxy) is 1. The summed E-state index contributed by atoms with van der Waals surface area (Å²) in [7, 11) is 1.37. The molecular formula is C11H19NO3. The van der Waals surface area contributed by atoms with Crippen LogP contribution in [-0.4, -0.2) is 36.0 Å². The molecule has 4 heteroatoms. The second kappa shape index (κ2) is 4.64. The van der Waals surface area contributed by atoms with E-state index in [1.165, 1.54) is 7.11 Å². The lowest BCUT2D eigenvalue weighted by atomic mass is 10.0. The number of esters is 1. The standard InChI is InChI=1S/C11H19NO3/c1-5-7(2)12-8(3)9(6-10(12)13)11(14)15-4/h7-9H,5-6H2,1-4H3. The Kier molecular flexibility index (Phi) is 3.72. The zero-order valence-electron chi connectivity index (χ0n) is 9.82. The number of amides is 1. The number of rotatable bonds is 3. The summed E-state index contributed by atoms with van der Waals surface area (Å²) in [5, 5.41) is 0. The molecule has 4 nitrogen and oxygen atoms in total. The first-order chi connectivity index (χ1) is 7.02. The average Bonchev–Trinajstić information content (AvgIpc) is 2.52. The van der Waals surface area contributed by atoms with Crippen molar-refractivity contribution < 1.29 is 14.3 Å². The van der Waals surface area contributed by atoms with E-state index in [2.05, 4.69) is 0 Å². The lowest BCUT2D eigenvalue weighted by Crippen LogP contribution is -2.41. The molecule has 0 aliphatic carbocycles. The van der Waals surface area contributed by atoms with E-state index in [9.17, 15) is 9.59 Å². The highest BCUT2D eigenvalue weighted by Gasteiger charge is 2.43. The molecular weight excluding hydrogens is 194 g/mol. The van der Waals surface area contributed by atoms with E-state index in [4.69, 9.17) is 4.74 Å². The predicted molar refractivity (Wildman–Crippen MR) is 56.2 cm³/mol. The minimum absolute atomic E-state index is 0.0418. The Morgan fingerprint density at radius 2 is 2.27 bits per heavy atom. The topological polar surface area (TPSA) is 46.6 Å². The van der Waals surface area contributed by atoms with Crippen LogP contribution in [0.25, 0.3) is 0 Å². The number of nitrogens with zero attached hydrogens (tertiary/aromatic N) is 1. The van der Waals surface area contributed by atoms with Crippen LogP contribution in [0, 0.1) is 5.92 Å². The van der Waals surface area contributed by atoms with Crippen LogP contribution in [0.4, 0.5) is 0 Å². The molecule has 3 atom stereocenters. The summed E-state index contributed by atoms with van der Waals surface area (Å²) < 4.78 is 4.70. The molecule has 0 bridgehead atoms. The highest BCUT2D eigenvalue weighted by Crippen LogP contribution is 2.28. The molecule has 1 aliphatic rings. The van der Waals surface area contributed by atoms with E-state index < -0.39 is 0 Å². The van der Waals surface area contributed by atoms with E-state index in [0.717, 1.165) is 6.42 Å². The SMILES string of the molecule is CCC(C)N1C(=O)CC(C(=O)OC)C1C. The molecule has 86 valence electrons. The molecule has 1 aliphatic heterocycles. The van der Waals surface area contributed by atoms with Crippen LogP contribution < -0.4 is 0 Å². The van der Waals surface area contributed by atoms with Crippen LogP contribution in [0.2, 0.25) is 0 Å².